The molecular weight excluding hydrogens is 310 g/mol. The Morgan fingerprint density at radius 3 is 2.91 bits per heavy atom. The first-order valence-electron chi connectivity index (χ1n) is 7.53. The Labute approximate surface area is 141 Å². The van der Waals surface area contributed by atoms with Crippen LogP contribution in [-0.2, 0) is 9.53 Å². The molecule has 1 amide bonds. The Balaban J connectivity index is 2.03. The van der Waals surface area contributed by atoms with Crippen molar-refractivity contribution in [2.75, 3.05) is 19.5 Å². The highest BCUT2D eigenvalue weighted by Gasteiger charge is 2.12. The molecule has 1 N–H and O–H groups in total. The average molecular weight is 333 g/mol. The van der Waals surface area contributed by atoms with Crippen molar-refractivity contribution in [3.8, 4) is 5.69 Å². The molecule has 1 aromatic carbocycles. The van der Waals surface area contributed by atoms with E-state index in [1.165, 1.54) is 22.9 Å². The minimum Gasteiger partial charge on any atom is -0.383 e. The standard InChI is InChI=1S/C17H23N3O2S/c1-12-5-6-15(13(2)9-12)20-8-7-18-17(20)23-11-16(21)19-14(3)10-22-4/h5-9,14H,10-11H2,1-4H3,(H,19,21). The van der Waals surface area contributed by atoms with Crippen LogP contribution in [0.1, 0.15) is 18.1 Å². The molecule has 0 saturated heterocycles. The quantitative estimate of drug-likeness (QED) is 0.792. The molecule has 2 rings (SSSR count). The first-order chi connectivity index (χ1) is 11.0. The second-order valence-electron chi connectivity index (χ2n) is 5.58. The summed E-state index contributed by atoms with van der Waals surface area (Å²) < 4.78 is 7.04. The average Bonchev–Trinajstić information content (AvgIpc) is 2.93. The maximum atomic E-state index is 12.0. The molecule has 1 unspecified atom stereocenters. The fourth-order valence-electron chi connectivity index (χ4n) is 2.39. The molecule has 2 aromatic rings. The summed E-state index contributed by atoms with van der Waals surface area (Å²) in [6.45, 7) is 6.58. The van der Waals surface area contributed by atoms with Crippen molar-refractivity contribution < 1.29 is 9.53 Å². The van der Waals surface area contributed by atoms with Crippen LogP contribution >= 0.6 is 11.8 Å². The number of nitrogens with one attached hydrogen (secondary N) is 1. The van der Waals surface area contributed by atoms with Crippen molar-refractivity contribution in [1.82, 2.24) is 14.9 Å². The Morgan fingerprint density at radius 2 is 2.22 bits per heavy atom. The lowest BCUT2D eigenvalue weighted by molar-refractivity contribution is -0.119. The van der Waals surface area contributed by atoms with E-state index in [-0.39, 0.29) is 11.9 Å². The largest absolute Gasteiger partial charge is 0.383 e. The summed E-state index contributed by atoms with van der Waals surface area (Å²) in [4.78, 5) is 16.3. The SMILES string of the molecule is COCC(C)NC(=O)CSc1nccn1-c1ccc(C)cc1C. The lowest BCUT2D eigenvalue weighted by atomic mass is 10.1. The lowest BCUT2D eigenvalue weighted by Gasteiger charge is -2.13. The van der Waals surface area contributed by atoms with Crippen LogP contribution in [0.2, 0.25) is 0 Å². The summed E-state index contributed by atoms with van der Waals surface area (Å²) in [5.41, 5.74) is 3.50. The number of nitrogens with zero attached hydrogens (tertiary/aromatic N) is 2. The molecule has 1 aromatic heterocycles. The van der Waals surface area contributed by atoms with Gasteiger partial charge in [0.1, 0.15) is 0 Å². The number of hydrogen-bond donors (Lipinski definition) is 1. The van der Waals surface area contributed by atoms with Gasteiger partial charge in [0.15, 0.2) is 5.16 Å². The zero-order valence-electron chi connectivity index (χ0n) is 14.0. The fourth-order valence-corrected chi connectivity index (χ4v) is 3.17. The number of aryl methyl sites for hydroxylation is 2. The van der Waals surface area contributed by atoms with Crippen LogP contribution in [0.4, 0.5) is 0 Å². The van der Waals surface area contributed by atoms with Crippen LogP contribution in [0.15, 0.2) is 35.7 Å². The third-order valence-corrected chi connectivity index (χ3v) is 4.34. The van der Waals surface area contributed by atoms with E-state index >= 15 is 0 Å². The second-order valence-corrected chi connectivity index (χ2v) is 6.52. The number of aromatic nitrogens is 2. The zero-order chi connectivity index (χ0) is 16.8. The Morgan fingerprint density at radius 1 is 1.43 bits per heavy atom. The number of carbonyl (C=O) groups excluding carboxylic acids is 1. The summed E-state index contributed by atoms with van der Waals surface area (Å²) in [6, 6.07) is 6.31. The summed E-state index contributed by atoms with van der Waals surface area (Å²) >= 11 is 1.43. The van der Waals surface area contributed by atoms with Crippen molar-refractivity contribution in [2.24, 2.45) is 0 Å². The molecule has 0 aliphatic heterocycles. The number of amides is 1. The highest BCUT2D eigenvalue weighted by molar-refractivity contribution is 7.99. The predicted octanol–water partition coefficient (Wildman–Crippen LogP) is 2.73. The van der Waals surface area contributed by atoms with Gasteiger partial charge >= 0.3 is 0 Å². The number of methoxy groups -OCH3 is 1. The van der Waals surface area contributed by atoms with Gasteiger partial charge in [0, 0.05) is 25.5 Å². The molecule has 0 saturated carbocycles. The van der Waals surface area contributed by atoms with Gasteiger partial charge < -0.3 is 10.1 Å². The molecule has 23 heavy (non-hydrogen) atoms. The fraction of sp³-hybridized carbons (Fsp3) is 0.412. The van der Waals surface area contributed by atoms with Crippen molar-refractivity contribution in [2.45, 2.75) is 32.0 Å². The molecule has 0 spiro atoms. The van der Waals surface area contributed by atoms with Crippen LogP contribution in [-0.4, -0.2) is 41.0 Å². The number of ether oxygens (including phenoxy) is 1. The van der Waals surface area contributed by atoms with E-state index in [4.69, 9.17) is 4.74 Å². The van der Waals surface area contributed by atoms with Crippen molar-refractivity contribution in [3.05, 3.63) is 41.7 Å². The molecule has 0 radical (unpaired) electrons. The normalized spacial score (nSPS) is 12.2. The van der Waals surface area contributed by atoms with Gasteiger partial charge in [-0.3, -0.25) is 9.36 Å². The Bertz CT molecular complexity index is 670. The third kappa shape index (κ3) is 4.84. The molecule has 0 aliphatic carbocycles. The van der Waals surface area contributed by atoms with E-state index in [2.05, 4.69) is 42.3 Å². The highest BCUT2D eigenvalue weighted by Crippen LogP contribution is 2.23. The summed E-state index contributed by atoms with van der Waals surface area (Å²) in [6.07, 6.45) is 3.68. The number of thioether (sulfide) groups is 1. The molecule has 6 heteroatoms. The van der Waals surface area contributed by atoms with Gasteiger partial charge in [-0.1, -0.05) is 29.5 Å². The van der Waals surface area contributed by atoms with Crippen LogP contribution < -0.4 is 5.32 Å². The van der Waals surface area contributed by atoms with Crippen molar-refractivity contribution in [3.63, 3.8) is 0 Å². The van der Waals surface area contributed by atoms with Crippen LogP contribution in [0, 0.1) is 13.8 Å². The first-order valence-corrected chi connectivity index (χ1v) is 8.52. The number of imidazole rings is 1. The van der Waals surface area contributed by atoms with Gasteiger partial charge in [-0.2, -0.15) is 0 Å². The van der Waals surface area contributed by atoms with Crippen LogP contribution in [0.5, 0.6) is 0 Å². The van der Waals surface area contributed by atoms with E-state index in [1.54, 1.807) is 13.3 Å². The Hall–Kier alpha value is -1.79. The molecule has 0 fully saturated rings. The minimum absolute atomic E-state index is 0.00666. The van der Waals surface area contributed by atoms with E-state index in [0.717, 1.165) is 10.8 Å². The van der Waals surface area contributed by atoms with Gasteiger partial charge in [0.05, 0.1) is 18.0 Å². The number of hydrogen-bond acceptors (Lipinski definition) is 4. The summed E-state index contributed by atoms with van der Waals surface area (Å²) in [5.74, 6) is 0.311. The van der Waals surface area contributed by atoms with Gasteiger partial charge in [0.2, 0.25) is 5.91 Å². The number of carbonyl (C=O) groups is 1. The van der Waals surface area contributed by atoms with E-state index in [1.807, 2.05) is 17.7 Å². The van der Waals surface area contributed by atoms with E-state index in [0.29, 0.717) is 12.4 Å². The molecule has 0 aliphatic rings. The van der Waals surface area contributed by atoms with Gasteiger partial charge in [-0.05, 0) is 32.4 Å². The van der Waals surface area contributed by atoms with Crippen LogP contribution in [0.25, 0.3) is 5.69 Å². The second kappa shape index (κ2) is 8.17. The maximum absolute atomic E-state index is 12.0. The predicted molar refractivity (Wildman–Crippen MR) is 93.2 cm³/mol. The monoisotopic (exact) mass is 333 g/mol. The first kappa shape index (κ1) is 17.6. The van der Waals surface area contributed by atoms with Crippen LogP contribution in [0.3, 0.4) is 0 Å². The molecule has 0 bridgehead atoms. The van der Waals surface area contributed by atoms with E-state index in [9.17, 15) is 4.79 Å². The summed E-state index contributed by atoms with van der Waals surface area (Å²) in [5, 5.41) is 3.71. The number of rotatable bonds is 7. The summed E-state index contributed by atoms with van der Waals surface area (Å²) in [7, 11) is 1.62. The van der Waals surface area contributed by atoms with Crippen molar-refractivity contribution in [1.29, 1.82) is 0 Å². The van der Waals surface area contributed by atoms with Gasteiger partial charge in [0.25, 0.3) is 0 Å². The maximum Gasteiger partial charge on any atom is 0.230 e. The molecular formula is C17H23N3O2S. The molecule has 1 heterocycles. The number of benzene rings is 1. The molecule has 1 atom stereocenters. The zero-order valence-corrected chi connectivity index (χ0v) is 14.8. The molecule has 124 valence electrons. The molecule has 5 nitrogen and oxygen atoms in total. The minimum atomic E-state index is -0.0188. The van der Waals surface area contributed by atoms with Gasteiger partial charge in [-0.25, -0.2) is 4.98 Å². The lowest BCUT2D eigenvalue weighted by Crippen LogP contribution is -2.36. The van der Waals surface area contributed by atoms with Crippen molar-refractivity contribution >= 4 is 17.7 Å². The van der Waals surface area contributed by atoms with E-state index < -0.39 is 0 Å². The third-order valence-electron chi connectivity index (χ3n) is 3.38. The van der Waals surface area contributed by atoms with Gasteiger partial charge in [-0.15, -0.1) is 0 Å². The smallest absolute Gasteiger partial charge is 0.230 e. The topological polar surface area (TPSA) is 56.1 Å². The highest BCUT2D eigenvalue weighted by atomic mass is 32.2. The Kier molecular flexibility index (Phi) is 6.24.